The predicted molar refractivity (Wildman–Crippen MR) is 53.1 cm³/mol. The fourth-order valence-electron chi connectivity index (χ4n) is 1.07. The van der Waals surface area contributed by atoms with Crippen LogP contribution in [0.25, 0.3) is 0 Å². The number of nitrogens with zero attached hydrogens (tertiary/aromatic N) is 1. The van der Waals surface area contributed by atoms with Gasteiger partial charge in [-0.15, -0.1) is 0 Å². The summed E-state index contributed by atoms with van der Waals surface area (Å²) in [5.74, 6) is 5.83. The smallest absolute Gasteiger partial charge is 0.176 e. The molecule has 0 aliphatic carbocycles. The Morgan fingerprint density at radius 2 is 1.75 bits per heavy atom. The standard InChI is InChI=1S/C8H15N4/c1-12(2,11)7-5-3-4-6(9)8(7)10/h3-5H,9-11H2,1-2H3/q+1. The molecule has 0 aliphatic heterocycles. The number of nitrogens with two attached hydrogens (primary N) is 3. The van der Waals surface area contributed by atoms with Gasteiger partial charge >= 0.3 is 0 Å². The van der Waals surface area contributed by atoms with Crippen LogP contribution in [0.1, 0.15) is 0 Å². The first-order valence-electron chi connectivity index (χ1n) is 3.70. The van der Waals surface area contributed by atoms with Crippen LogP contribution >= 0.6 is 0 Å². The minimum Gasteiger partial charge on any atom is -0.397 e. The van der Waals surface area contributed by atoms with Crippen LogP contribution < -0.4 is 21.9 Å². The van der Waals surface area contributed by atoms with Gasteiger partial charge in [-0.1, -0.05) is 6.07 Å². The molecule has 66 valence electrons. The summed E-state index contributed by atoms with van der Waals surface area (Å²) < 4.78 is 0.191. The first-order chi connectivity index (χ1) is 5.43. The molecule has 0 heterocycles. The second-order valence-corrected chi connectivity index (χ2v) is 3.32. The van der Waals surface area contributed by atoms with E-state index in [-0.39, 0.29) is 4.59 Å². The van der Waals surface area contributed by atoms with Gasteiger partial charge in [0.1, 0.15) is 5.69 Å². The van der Waals surface area contributed by atoms with Crippen molar-refractivity contribution >= 4 is 17.1 Å². The summed E-state index contributed by atoms with van der Waals surface area (Å²) in [6.45, 7) is 0. The third-order valence-corrected chi connectivity index (χ3v) is 1.74. The minimum absolute atomic E-state index is 0.191. The lowest BCUT2D eigenvalue weighted by Crippen LogP contribution is -2.48. The molecule has 0 saturated carbocycles. The van der Waals surface area contributed by atoms with E-state index >= 15 is 0 Å². The Hall–Kier alpha value is -1.26. The van der Waals surface area contributed by atoms with Gasteiger partial charge in [-0.25, -0.2) is 4.59 Å². The average Bonchev–Trinajstić information content (AvgIpc) is 1.92. The highest BCUT2D eigenvalue weighted by Crippen LogP contribution is 2.28. The Morgan fingerprint density at radius 1 is 1.17 bits per heavy atom. The molecule has 0 unspecified atom stereocenters. The highest BCUT2D eigenvalue weighted by Gasteiger charge is 2.17. The normalized spacial score (nSPS) is 11.6. The number of hydrogen-bond donors (Lipinski definition) is 3. The van der Waals surface area contributed by atoms with Gasteiger partial charge in [0.05, 0.1) is 19.8 Å². The molecule has 1 aromatic rings. The lowest BCUT2D eigenvalue weighted by atomic mass is 10.2. The molecule has 0 radical (unpaired) electrons. The summed E-state index contributed by atoms with van der Waals surface area (Å²) in [7, 11) is 3.68. The van der Waals surface area contributed by atoms with Crippen LogP contribution in [0.3, 0.4) is 0 Å². The monoisotopic (exact) mass is 167 g/mol. The first kappa shape index (κ1) is 8.83. The van der Waals surface area contributed by atoms with Gasteiger partial charge in [0.15, 0.2) is 5.69 Å². The molecule has 0 aromatic heterocycles. The molecule has 0 fully saturated rings. The molecular weight excluding hydrogens is 152 g/mol. The Balaban J connectivity index is 3.26. The van der Waals surface area contributed by atoms with Crippen molar-refractivity contribution in [1.29, 1.82) is 0 Å². The van der Waals surface area contributed by atoms with E-state index in [0.717, 1.165) is 5.69 Å². The maximum Gasteiger partial charge on any atom is 0.176 e. The van der Waals surface area contributed by atoms with E-state index in [9.17, 15) is 0 Å². The van der Waals surface area contributed by atoms with Crippen molar-refractivity contribution in [1.82, 2.24) is 4.59 Å². The minimum atomic E-state index is 0.191. The maximum atomic E-state index is 5.83. The van der Waals surface area contributed by atoms with Crippen LogP contribution in [-0.4, -0.2) is 14.1 Å². The molecule has 0 atom stereocenters. The maximum absolute atomic E-state index is 5.83. The zero-order valence-corrected chi connectivity index (χ0v) is 7.41. The van der Waals surface area contributed by atoms with E-state index < -0.39 is 0 Å². The topological polar surface area (TPSA) is 78.1 Å². The van der Waals surface area contributed by atoms with E-state index in [4.69, 9.17) is 17.3 Å². The number of para-hydroxylation sites is 1. The zero-order valence-electron chi connectivity index (χ0n) is 7.41. The Labute approximate surface area is 72.1 Å². The number of benzene rings is 1. The largest absolute Gasteiger partial charge is 0.397 e. The first-order valence-corrected chi connectivity index (χ1v) is 3.70. The van der Waals surface area contributed by atoms with Crippen molar-refractivity contribution in [2.45, 2.75) is 0 Å². The summed E-state index contributed by atoms with van der Waals surface area (Å²) >= 11 is 0. The Bertz CT molecular complexity index is 288. The Morgan fingerprint density at radius 3 is 2.17 bits per heavy atom. The van der Waals surface area contributed by atoms with Crippen molar-refractivity contribution < 1.29 is 0 Å². The molecule has 0 bridgehead atoms. The van der Waals surface area contributed by atoms with Crippen LogP contribution in [0.5, 0.6) is 0 Å². The number of rotatable bonds is 1. The number of nitrogen functional groups attached to an aromatic ring is 2. The summed E-state index contributed by atoms with van der Waals surface area (Å²) in [5, 5.41) is 0. The van der Waals surface area contributed by atoms with Gasteiger partial charge in [-0.05, 0) is 6.07 Å². The average molecular weight is 167 g/mol. The Kier molecular flexibility index (Phi) is 1.95. The quantitative estimate of drug-likeness (QED) is 0.243. The fourth-order valence-corrected chi connectivity index (χ4v) is 1.07. The van der Waals surface area contributed by atoms with E-state index in [1.807, 2.05) is 26.2 Å². The fraction of sp³-hybridized carbons (Fsp3) is 0.250. The number of quaternary nitrogens is 1. The summed E-state index contributed by atoms with van der Waals surface area (Å²) in [6.07, 6.45) is 0. The molecule has 4 nitrogen and oxygen atoms in total. The third kappa shape index (κ3) is 1.49. The van der Waals surface area contributed by atoms with Gasteiger partial charge in [0, 0.05) is 6.07 Å². The third-order valence-electron chi connectivity index (χ3n) is 1.74. The SMILES string of the molecule is C[N+](C)(N)c1cccc(N)c1N. The predicted octanol–water partition coefficient (Wildman–Crippen LogP) is 0.292. The van der Waals surface area contributed by atoms with Crippen LogP contribution in [0.15, 0.2) is 18.2 Å². The van der Waals surface area contributed by atoms with Crippen molar-refractivity contribution in [3.05, 3.63) is 18.2 Å². The van der Waals surface area contributed by atoms with E-state index in [1.54, 1.807) is 6.07 Å². The van der Waals surface area contributed by atoms with Gasteiger partial charge in [-0.2, -0.15) is 5.84 Å². The lowest BCUT2D eigenvalue weighted by Gasteiger charge is -2.23. The summed E-state index contributed by atoms with van der Waals surface area (Å²) in [6, 6.07) is 5.47. The molecule has 4 heteroatoms. The molecule has 12 heavy (non-hydrogen) atoms. The van der Waals surface area contributed by atoms with Gasteiger partial charge in [-0.3, -0.25) is 0 Å². The van der Waals surface area contributed by atoms with Crippen LogP contribution in [0.4, 0.5) is 17.1 Å². The van der Waals surface area contributed by atoms with Crippen molar-refractivity contribution in [3.8, 4) is 0 Å². The second-order valence-electron chi connectivity index (χ2n) is 3.32. The molecule has 0 aliphatic rings. The number of hydrogen-bond acceptors (Lipinski definition) is 3. The molecule has 0 amide bonds. The van der Waals surface area contributed by atoms with Crippen molar-refractivity contribution in [2.24, 2.45) is 5.84 Å². The lowest BCUT2D eigenvalue weighted by molar-refractivity contribution is 0.421. The summed E-state index contributed by atoms with van der Waals surface area (Å²) in [4.78, 5) is 0. The highest BCUT2D eigenvalue weighted by atomic mass is 15.5. The molecular formula is C8H15N4+. The molecule has 1 aromatic carbocycles. The van der Waals surface area contributed by atoms with Gasteiger partial charge in [0.25, 0.3) is 0 Å². The summed E-state index contributed by atoms with van der Waals surface area (Å²) in [5.41, 5.74) is 13.3. The number of anilines is 2. The molecule has 0 spiro atoms. The second kappa shape index (κ2) is 2.66. The van der Waals surface area contributed by atoms with Crippen LogP contribution in [-0.2, 0) is 0 Å². The van der Waals surface area contributed by atoms with Gasteiger partial charge in [0.2, 0.25) is 0 Å². The molecule has 0 saturated heterocycles. The molecule has 6 N–H and O–H groups in total. The highest BCUT2D eigenvalue weighted by molar-refractivity contribution is 5.77. The van der Waals surface area contributed by atoms with Crippen LogP contribution in [0.2, 0.25) is 0 Å². The van der Waals surface area contributed by atoms with Crippen molar-refractivity contribution in [2.75, 3.05) is 25.6 Å². The molecule has 1 rings (SSSR count). The van der Waals surface area contributed by atoms with E-state index in [0.29, 0.717) is 11.4 Å². The van der Waals surface area contributed by atoms with E-state index in [1.165, 1.54) is 0 Å². The van der Waals surface area contributed by atoms with E-state index in [2.05, 4.69) is 0 Å². The van der Waals surface area contributed by atoms with Crippen molar-refractivity contribution in [3.63, 3.8) is 0 Å². The van der Waals surface area contributed by atoms with Gasteiger partial charge < -0.3 is 11.5 Å². The zero-order chi connectivity index (χ0) is 9.35. The van der Waals surface area contributed by atoms with Crippen LogP contribution in [0, 0.1) is 0 Å².